The first-order valence-corrected chi connectivity index (χ1v) is 10.6. The molecule has 1 saturated heterocycles. The molecule has 5 nitrogen and oxygen atoms in total. The maximum absolute atomic E-state index is 12.0. The fraction of sp³-hybridized carbons (Fsp3) is 0.667. The third kappa shape index (κ3) is 3.60. The molecule has 3 atom stereocenters. The van der Waals surface area contributed by atoms with Crippen molar-refractivity contribution in [1.29, 1.82) is 0 Å². The number of benzene rings is 1. The summed E-state index contributed by atoms with van der Waals surface area (Å²) < 4.78 is 25.5. The van der Waals surface area contributed by atoms with Crippen molar-refractivity contribution in [3.8, 4) is 0 Å². The smallest absolute Gasteiger partial charge is 0.232 e. The molecule has 1 fully saturated rings. The topological polar surface area (TPSA) is 60.9 Å². The van der Waals surface area contributed by atoms with E-state index >= 15 is 0 Å². The Balaban J connectivity index is 1.76. The van der Waals surface area contributed by atoms with Crippen molar-refractivity contribution in [2.75, 3.05) is 30.2 Å². The number of rotatable bonds is 4. The van der Waals surface area contributed by atoms with Crippen LogP contribution in [0, 0.1) is 5.92 Å². The summed E-state index contributed by atoms with van der Waals surface area (Å²) in [5, 5.41) is 10.6. The maximum Gasteiger partial charge on any atom is 0.232 e. The van der Waals surface area contributed by atoms with Crippen LogP contribution in [0.5, 0.6) is 0 Å². The highest BCUT2D eigenvalue weighted by Gasteiger charge is 2.33. The Morgan fingerprint density at radius 3 is 2.75 bits per heavy atom. The van der Waals surface area contributed by atoms with Gasteiger partial charge in [-0.15, -0.1) is 0 Å². The van der Waals surface area contributed by atoms with E-state index in [4.69, 9.17) is 0 Å². The number of β-amino-alcohol motifs (C(OH)–C–C–N with tert-alkyl or cyclic N) is 1. The van der Waals surface area contributed by atoms with E-state index < -0.39 is 16.1 Å². The van der Waals surface area contributed by atoms with Crippen molar-refractivity contribution in [1.82, 2.24) is 4.90 Å². The zero-order valence-corrected chi connectivity index (χ0v) is 15.6. The van der Waals surface area contributed by atoms with Gasteiger partial charge in [0.05, 0.1) is 18.0 Å². The number of aliphatic hydroxyl groups excluding tert-OH is 1. The third-order valence-corrected chi connectivity index (χ3v) is 6.44. The number of fused-ring (bicyclic) bond motifs is 1. The average molecular weight is 353 g/mol. The molecule has 24 heavy (non-hydrogen) atoms. The largest absolute Gasteiger partial charge is 0.387 e. The summed E-state index contributed by atoms with van der Waals surface area (Å²) >= 11 is 0. The lowest BCUT2D eigenvalue weighted by atomic mass is 9.98. The van der Waals surface area contributed by atoms with Gasteiger partial charge < -0.3 is 10.0 Å². The molecule has 0 aromatic heterocycles. The van der Waals surface area contributed by atoms with Gasteiger partial charge >= 0.3 is 0 Å². The van der Waals surface area contributed by atoms with Crippen molar-refractivity contribution >= 4 is 15.7 Å². The molecule has 0 bridgehead atoms. The van der Waals surface area contributed by atoms with Crippen LogP contribution in [0.1, 0.15) is 43.9 Å². The second-order valence-electron chi connectivity index (χ2n) is 7.52. The van der Waals surface area contributed by atoms with E-state index in [0.29, 0.717) is 18.9 Å². The number of aliphatic hydroxyl groups is 1. The van der Waals surface area contributed by atoms with Gasteiger partial charge in [0, 0.05) is 19.1 Å². The van der Waals surface area contributed by atoms with E-state index in [-0.39, 0.29) is 6.04 Å². The lowest BCUT2D eigenvalue weighted by Crippen LogP contribution is -2.37. The Morgan fingerprint density at radius 1 is 1.33 bits per heavy atom. The van der Waals surface area contributed by atoms with Gasteiger partial charge in [0.25, 0.3) is 0 Å². The van der Waals surface area contributed by atoms with Crippen LogP contribution in [0.2, 0.25) is 0 Å². The summed E-state index contributed by atoms with van der Waals surface area (Å²) in [4.78, 5) is 2.33. The van der Waals surface area contributed by atoms with E-state index in [1.807, 2.05) is 25.1 Å². The number of likely N-dealkylation sites (tertiary alicyclic amines) is 1. The van der Waals surface area contributed by atoms with Gasteiger partial charge in [0.2, 0.25) is 10.0 Å². The van der Waals surface area contributed by atoms with Gasteiger partial charge in [-0.1, -0.05) is 19.1 Å². The monoisotopic (exact) mass is 352 g/mol. The Morgan fingerprint density at radius 2 is 2.08 bits per heavy atom. The van der Waals surface area contributed by atoms with Crippen LogP contribution >= 0.6 is 0 Å². The molecular weight excluding hydrogens is 324 g/mol. The molecule has 2 heterocycles. The van der Waals surface area contributed by atoms with Crippen molar-refractivity contribution < 1.29 is 13.5 Å². The number of sulfonamides is 1. The number of nitrogens with zero attached hydrogens (tertiary/aromatic N) is 2. The van der Waals surface area contributed by atoms with E-state index in [9.17, 15) is 13.5 Å². The molecule has 3 rings (SSSR count). The zero-order valence-electron chi connectivity index (χ0n) is 14.8. The number of hydrogen-bond donors (Lipinski definition) is 1. The first kappa shape index (κ1) is 17.7. The Kier molecular flexibility index (Phi) is 4.91. The molecule has 6 heteroatoms. The normalized spacial score (nSPS) is 26.4. The highest BCUT2D eigenvalue weighted by molar-refractivity contribution is 7.92. The van der Waals surface area contributed by atoms with Crippen molar-refractivity contribution in [3.63, 3.8) is 0 Å². The van der Waals surface area contributed by atoms with E-state index in [1.165, 1.54) is 23.4 Å². The van der Waals surface area contributed by atoms with Crippen LogP contribution in [0.15, 0.2) is 18.2 Å². The highest BCUT2D eigenvalue weighted by atomic mass is 32.2. The van der Waals surface area contributed by atoms with E-state index in [2.05, 4.69) is 11.8 Å². The van der Waals surface area contributed by atoms with Crippen molar-refractivity contribution in [2.45, 2.75) is 45.3 Å². The first-order valence-electron chi connectivity index (χ1n) is 8.78. The molecule has 0 amide bonds. The van der Waals surface area contributed by atoms with Crippen LogP contribution in [-0.4, -0.2) is 50.4 Å². The molecule has 2 aliphatic heterocycles. The minimum Gasteiger partial charge on any atom is -0.387 e. The summed E-state index contributed by atoms with van der Waals surface area (Å²) in [6, 6.07) is 5.63. The van der Waals surface area contributed by atoms with Crippen LogP contribution in [-0.2, 0) is 16.4 Å². The first-order chi connectivity index (χ1) is 11.3. The Bertz CT molecular complexity index is 704. The van der Waals surface area contributed by atoms with Gasteiger partial charge in [0.1, 0.15) is 0 Å². The molecule has 134 valence electrons. The van der Waals surface area contributed by atoms with Gasteiger partial charge in [-0.25, -0.2) is 8.42 Å². The molecule has 0 radical (unpaired) electrons. The Labute approximate surface area is 145 Å². The van der Waals surface area contributed by atoms with Gasteiger partial charge in [-0.2, -0.15) is 0 Å². The summed E-state index contributed by atoms with van der Waals surface area (Å²) in [5.41, 5.74) is 2.65. The molecule has 1 aromatic rings. The molecule has 0 aliphatic carbocycles. The van der Waals surface area contributed by atoms with Crippen LogP contribution < -0.4 is 4.31 Å². The second kappa shape index (κ2) is 6.65. The molecule has 2 aliphatic rings. The summed E-state index contributed by atoms with van der Waals surface area (Å²) in [5.74, 6) is 0.690. The number of anilines is 1. The van der Waals surface area contributed by atoms with Crippen LogP contribution in [0.4, 0.5) is 5.69 Å². The molecular formula is C18H28N2O3S. The van der Waals surface area contributed by atoms with Gasteiger partial charge in [-0.3, -0.25) is 4.31 Å². The zero-order chi connectivity index (χ0) is 17.5. The minimum atomic E-state index is -3.26. The molecule has 0 unspecified atom stereocenters. The average Bonchev–Trinajstić information content (AvgIpc) is 2.81. The van der Waals surface area contributed by atoms with E-state index in [1.54, 1.807) is 0 Å². The number of piperidine rings is 1. The Hall–Kier alpha value is -1.11. The lowest BCUT2D eigenvalue weighted by molar-refractivity contribution is 0.0875. The maximum atomic E-state index is 12.0. The standard InChI is InChI=1S/C18H28N2O3S/c1-13-5-4-8-19(11-13)12-18(21)15-6-7-17-16(10-15)9-14(2)20(17)24(3,22)23/h6-7,10,13-14,18,21H,4-5,8-9,11-12H2,1-3H3/t13-,14-,18-/m1/s1. The fourth-order valence-electron chi connectivity index (χ4n) is 4.14. The van der Waals surface area contributed by atoms with E-state index in [0.717, 1.165) is 29.9 Å². The second-order valence-corrected chi connectivity index (χ2v) is 9.38. The molecule has 0 saturated carbocycles. The molecule has 1 N–H and O–H groups in total. The molecule has 0 spiro atoms. The van der Waals surface area contributed by atoms with Crippen molar-refractivity contribution in [3.05, 3.63) is 29.3 Å². The molecule has 1 aromatic carbocycles. The predicted octanol–water partition coefficient (Wildman–Crippen LogP) is 2.16. The fourth-order valence-corrected chi connectivity index (χ4v) is 5.40. The summed E-state index contributed by atoms with van der Waals surface area (Å²) in [7, 11) is -3.26. The highest BCUT2D eigenvalue weighted by Crippen LogP contribution is 2.36. The van der Waals surface area contributed by atoms with Gasteiger partial charge in [0.15, 0.2) is 0 Å². The summed E-state index contributed by atoms with van der Waals surface area (Å²) in [6.45, 7) is 6.92. The number of hydrogen-bond acceptors (Lipinski definition) is 4. The minimum absolute atomic E-state index is 0.0645. The summed E-state index contributed by atoms with van der Waals surface area (Å²) in [6.07, 6.45) is 3.88. The lowest BCUT2D eigenvalue weighted by Gasteiger charge is -2.32. The quantitative estimate of drug-likeness (QED) is 0.902. The van der Waals surface area contributed by atoms with Crippen molar-refractivity contribution in [2.24, 2.45) is 5.92 Å². The van der Waals surface area contributed by atoms with Crippen LogP contribution in [0.25, 0.3) is 0 Å². The SMILES string of the molecule is C[C@@H]1CCCN(C[C@@H](O)c2ccc3c(c2)C[C@@H](C)N3S(C)(=O)=O)C1. The van der Waals surface area contributed by atoms with Crippen LogP contribution in [0.3, 0.4) is 0 Å². The van der Waals surface area contributed by atoms with Gasteiger partial charge in [-0.05, 0) is 55.8 Å². The predicted molar refractivity (Wildman–Crippen MR) is 96.7 cm³/mol. The third-order valence-electron chi connectivity index (χ3n) is 5.17.